The highest BCUT2D eigenvalue weighted by Gasteiger charge is 2.42. The van der Waals surface area contributed by atoms with Gasteiger partial charge in [-0.25, -0.2) is 0 Å². The second kappa shape index (κ2) is 23.2. The van der Waals surface area contributed by atoms with Crippen LogP contribution >= 0.6 is 0 Å². The molecule has 0 unspecified atom stereocenters. The van der Waals surface area contributed by atoms with Crippen molar-refractivity contribution >= 4 is 58.1 Å². The standard InChI is InChI=1S/C44H61N11O8/c1-48-34-19-18-28(56)13-6-3-7-16-32(38(45)58)51-41(61)36(22-27-24-50-31-15-9-8-14-30(27)31)53-39(59)33(17-10-20-49-44(46)47)52-40(60)35(21-26-11-4-2-5-12-26)54-42(62)37-23-29(57)25-55(37)43(34)63/h2,4-5,8-9,11-12,14-15,24,29,32-37,48,50,57H,3,6-7,10,13,16-23,25H2,1H3,(H2,45,58)(H,51,61)(H,52,60)(H,53,59)(H,54,62)(H4,46,47,49)/t29-,32+,33+,34+,35-,36+,37+/m1/s1. The zero-order valence-corrected chi connectivity index (χ0v) is 35.6. The number of nitrogens with two attached hydrogens (primary N) is 3. The summed E-state index contributed by atoms with van der Waals surface area (Å²) in [6, 6.07) is 9.45. The lowest BCUT2D eigenvalue weighted by Crippen LogP contribution is -2.60. The fourth-order valence-corrected chi connectivity index (χ4v) is 8.11. The van der Waals surface area contributed by atoms with Crippen molar-refractivity contribution in [3.05, 3.63) is 71.9 Å². The molecule has 3 heterocycles. The van der Waals surface area contributed by atoms with Crippen molar-refractivity contribution in [2.24, 2.45) is 22.2 Å². The Morgan fingerprint density at radius 2 is 1.46 bits per heavy atom. The molecule has 63 heavy (non-hydrogen) atoms. The molecule has 2 aliphatic heterocycles. The number of benzene rings is 2. The van der Waals surface area contributed by atoms with Gasteiger partial charge in [0.05, 0.1) is 12.1 Å². The van der Waals surface area contributed by atoms with Gasteiger partial charge in [-0.05, 0) is 56.3 Å². The van der Waals surface area contributed by atoms with Crippen LogP contribution in [0.1, 0.15) is 75.3 Å². The number of ketones is 1. The number of aromatic amines is 1. The van der Waals surface area contributed by atoms with E-state index in [1.54, 1.807) is 43.6 Å². The number of amides is 6. The Bertz CT molecular complexity index is 2110. The minimum Gasteiger partial charge on any atom is -0.391 e. The molecule has 0 radical (unpaired) electrons. The topological polar surface area (TPSA) is 309 Å². The molecule has 2 fully saturated rings. The number of carbonyl (C=O) groups excluding carboxylic acids is 7. The first-order valence-corrected chi connectivity index (χ1v) is 21.6. The summed E-state index contributed by atoms with van der Waals surface area (Å²) < 4.78 is 0. The maximum Gasteiger partial charge on any atom is 0.243 e. The van der Waals surface area contributed by atoms with E-state index in [0.29, 0.717) is 30.4 Å². The third kappa shape index (κ3) is 13.8. The minimum atomic E-state index is -1.27. The molecule has 13 N–H and O–H groups in total. The fraction of sp³-hybridized carbons (Fsp3) is 0.500. The molecule has 340 valence electrons. The highest BCUT2D eigenvalue weighted by atomic mass is 16.3. The second-order valence-electron chi connectivity index (χ2n) is 16.3. The van der Waals surface area contributed by atoms with Crippen molar-refractivity contribution < 1.29 is 38.7 Å². The van der Waals surface area contributed by atoms with E-state index in [1.807, 2.05) is 24.3 Å². The summed E-state index contributed by atoms with van der Waals surface area (Å²) in [7, 11) is 1.58. The normalized spacial score (nSPS) is 25.2. The summed E-state index contributed by atoms with van der Waals surface area (Å²) in [6.07, 6.45) is 2.98. The van der Waals surface area contributed by atoms with Crippen LogP contribution in [0.5, 0.6) is 0 Å². The van der Waals surface area contributed by atoms with E-state index in [9.17, 15) is 38.7 Å². The van der Waals surface area contributed by atoms with Gasteiger partial charge in [-0.3, -0.25) is 38.6 Å². The average Bonchev–Trinajstić information content (AvgIpc) is 3.86. The molecular weight excluding hydrogens is 811 g/mol. The summed E-state index contributed by atoms with van der Waals surface area (Å²) in [5.41, 5.74) is 19.0. The number of nitrogens with zero attached hydrogens (tertiary/aromatic N) is 2. The molecule has 19 heteroatoms. The molecule has 5 rings (SSSR count). The van der Waals surface area contributed by atoms with Gasteiger partial charge >= 0.3 is 0 Å². The van der Waals surface area contributed by atoms with E-state index in [2.05, 4.69) is 36.6 Å². The molecule has 19 nitrogen and oxygen atoms in total. The van der Waals surface area contributed by atoms with E-state index in [0.717, 1.165) is 10.9 Å². The molecule has 1 aromatic heterocycles. The Morgan fingerprint density at radius 3 is 2.19 bits per heavy atom. The number of hydrogen-bond donors (Lipinski definition) is 10. The highest BCUT2D eigenvalue weighted by molar-refractivity contribution is 5.97. The van der Waals surface area contributed by atoms with Gasteiger partial charge in [0.15, 0.2) is 5.96 Å². The number of primary amides is 1. The molecule has 6 amide bonds. The summed E-state index contributed by atoms with van der Waals surface area (Å²) >= 11 is 0. The summed E-state index contributed by atoms with van der Waals surface area (Å²) in [6.45, 7) is -0.0163. The number of fused-ring (bicyclic) bond motifs is 2. The Morgan fingerprint density at radius 1 is 0.794 bits per heavy atom. The Kier molecular flexibility index (Phi) is 17.6. The van der Waals surface area contributed by atoms with Gasteiger partial charge < -0.3 is 58.8 Å². The Hall–Kier alpha value is -6.34. The number of aliphatic hydroxyl groups is 1. The molecule has 0 spiro atoms. The molecular formula is C44H61N11O8. The lowest BCUT2D eigenvalue weighted by atomic mass is 10.00. The first-order valence-electron chi connectivity index (χ1n) is 21.6. The number of aromatic nitrogens is 1. The maximum atomic E-state index is 14.4. The molecule has 7 atom stereocenters. The SMILES string of the molecule is CN[C@H]1CCC(=O)CCCCC[C@@H](C(N)=O)NC(=O)[C@H](Cc2c[nH]c3ccccc23)NC(=O)[C@H](CCCN=C(N)N)NC(=O)[C@@H](Cc2ccccc2)NC(=O)[C@@H]2C[C@@H](O)CN2C1=O. The van der Waals surface area contributed by atoms with E-state index < -0.39 is 77.8 Å². The molecule has 2 saturated heterocycles. The largest absolute Gasteiger partial charge is 0.391 e. The second-order valence-corrected chi connectivity index (χ2v) is 16.3. The smallest absolute Gasteiger partial charge is 0.243 e. The number of H-pyrrole nitrogens is 1. The van der Waals surface area contributed by atoms with Crippen molar-refractivity contribution in [1.82, 2.24) is 36.5 Å². The highest BCUT2D eigenvalue weighted by Crippen LogP contribution is 2.22. The van der Waals surface area contributed by atoms with Crippen molar-refractivity contribution in [3.8, 4) is 0 Å². The lowest BCUT2D eigenvalue weighted by molar-refractivity contribution is -0.141. The number of aliphatic hydroxyl groups excluding tert-OH is 1. The van der Waals surface area contributed by atoms with E-state index in [4.69, 9.17) is 17.2 Å². The lowest BCUT2D eigenvalue weighted by Gasteiger charge is -2.30. The summed E-state index contributed by atoms with van der Waals surface area (Å²) in [4.78, 5) is 105. The number of likely N-dealkylation sites (N-methyl/N-ethyl adjacent to an activating group) is 1. The first kappa shape index (κ1) is 47.7. The van der Waals surface area contributed by atoms with Crippen LogP contribution in [0.3, 0.4) is 0 Å². The van der Waals surface area contributed by atoms with Crippen LogP contribution in [0.15, 0.2) is 65.8 Å². The number of carbonyl (C=O) groups is 7. The number of nitrogens with one attached hydrogen (secondary N) is 6. The fourth-order valence-electron chi connectivity index (χ4n) is 8.11. The van der Waals surface area contributed by atoms with Crippen molar-refractivity contribution in [2.45, 2.75) is 119 Å². The van der Waals surface area contributed by atoms with E-state index in [1.165, 1.54) is 4.90 Å². The van der Waals surface area contributed by atoms with Crippen LogP contribution in [-0.4, -0.2) is 125 Å². The Labute approximate surface area is 366 Å². The van der Waals surface area contributed by atoms with Crippen LogP contribution < -0.4 is 43.8 Å². The van der Waals surface area contributed by atoms with Gasteiger partial charge in [0.2, 0.25) is 35.4 Å². The third-order valence-corrected chi connectivity index (χ3v) is 11.6. The quantitative estimate of drug-likeness (QED) is 0.0690. The van der Waals surface area contributed by atoms with Crippen LogP contribution in [0.4, 0.5) is 0 Å². The van der Waals surface area contributed by atoms with Gasteiger partial charge in [-0.2, -0.15) is 0 Å². The van der Waals surface area contributed by atoms with Crippen molar-refractivity contribution in [3.63, 3.8) is 0 Å². The van der Waals surface area contributed by atoms with Gasteiger partial charge in [-0.15, -0.1) is 0 Å². The van der Waals surface area contributed by atoms with Crippen LogP contribution in [0.25, 0.3) is 10.9 Å². The van der Waals surface area contributed by atoms with Crippen LogP contribution in [0, 0.1) is 0 Å². The average molecular weight is 872 g/mol. The summed E-state index contributed by atoms with van der Waals surface area (Å²) in [5, 5.41) is 25.6. The van der Waals surface area contributed by atoms with E-state index in [-0.39, 0.29) is 82.6 Å². The molecule has 2 aromatic carbocycles. The van der Waals surface area contributed by atoms with Crippen molar-refractivity contribution in [2.75, 3.05) is 20.1 Å². The molecule has 0 aliphatic carbocycles. The molecule has 0 saturated carbocycles. The zero-order chi connectivity index (χ0) is 45.5. The zero-order valence-electron chi connectivity index (χ0n) is 35.6. The molecule has 2 aliphatic rings. The predicted octanol–water partition coefficient (Wildman–Crippen LogP) is -0.706. The molecule has 3 aromatic rings. The first-order chi connectivity index (χ1) is 30.2. The third-order valence-electron chi connectivity index (χ3n) is 11.6. The minimum absolute atomic E-state index is 0.00654. The maximum absolute atomic E-state index is 14.4. The van der Waals surface area contributed by atoms with Gasteiger partial charge in [-0.1, -0.05) is 61.4 Å². The van der Waals surface area contributed by atoms with Gasteiger partial charge in [0.25, 0.3) is 0 Å². The summed E-state index contributed by atoms with van der Waals surface area (Å²) in [5.74, 6) is -4.33. The van der Waals surface area contributed by atoms with Gasteiger partial charge in [0, 0.05) is 62.3 Å². The van der Waals surface area contributed by atoms with Crippen molar-refractivity contribution in [1.29, 1.82) is 0 Å². The van der Waals surface area contributed by atoms with E-state index >= 15 is 0 Å². The number of guanidine groups is 1. The molecule has 0 bridgehead atoms. The number of hydrogen-bond acceptors (Lipinski definition) is 10. The van der Waals surface area contributed by atoms with Gasteiger partial charge in [0.1, 0.15) is 36.0 Å². The number of aliphatic imine (C=N–C) groups is 1. The van der Waals surface area contributed by atoms with Crippen LogP contribution in [0.2, 0.25) is 0 Å². The van der Waals surface area contributed by atoms with Crippen LogP contribution in [-0.2, 0) is 46.4 Å². The monoisotopic (exact) mass is 871 g/mol. The predicted molar refractivity (Wildman–Crippen MR) is 235 cm³/mol. The Balaban J connectivity index is 1.50. The number of rotatable bonds is 10. The number of Topliss-reactive ketones (excluding diaryl/α,β-unsaturated/α-hetero) is 1. The number of para-hydroxylation sites is 1.